The van der Waals surface area contributed by atoms with Crippen molar-refractivity contribution in [3.63, 3.8) is 0 Å². The van der Waals surface area contributed by atoms with Crippen LogP contribution in [0, 0.1) is 6.92 Å². The summed E-state index contributed by atoms with van der Waals surface area (Å²) in [5.41, 5.74) is 1.73. The highest BCUT2D eigenvalue weighted by molar-refractivity contribution is 7.16. The zero-order chi connectivity index (χ0) is 18.5. The van der Waals surface area contributed by atoms with Gasteiger partial charge in [-0.2, -0.15) is 0 Å². The number of halogens is 1. The summed E-state index contributed by atoms with van der Waals surface area (Å²) in [6.45, 7) is 1.86. The van der Waals surface area contributed by atoms with Crippen LogP contribution in [0.2, 0.25) is 5.02 Å². The maximum atomic E-state index is 12.1. The molecule has 0 aliphatic rings. The predicted molar refractivity (Wildman–Crippen MR) is 104 cm³/mol. The molecule has 1 aromatic heterocycles. The van der Waals surface area contributed by atoms with E-state index in [1.54, 1.807) is 31.4 Å². The zero-order valence-electron chi connectivity index (χ0n) is 14.3. The van der Waals surface area contributed by atoms with Crippen LogP contribution in [0.5, 0.6) is 11.5 Å². The summed E-state index contributed by atoms with van der Waals surface area (Å²) in [5, 5.41) is 3.94. The molecule has 2 aromatic carbocycles. The second kappa shape index (κ2) is 8.21. The third kappa shape index (κ3) is 4.53. The molecular formula is C19H17ClN2O3S. The van der Waals surface area contributed by atoms with E-state index in [2.05, 4.69) is 10.3 Å². The summed E-state index contributed by atoms with van der Waals surface area (Å²) in [6, 6.07) is 14.5. The molecule has 0 unspecified atom stereocenters. The number of aryl methyl sites for hydroxylation is 1. The van der Waals surface area contributed by atoms with E-state index in [-0.39, 0.29) is 12.5 Å². The number of amides is 1. The molecular weight excluding hydrogens is 372 g/mol. The monoisotopic (exact) mass is 388 g/mol. The van der Waals surface area contributed by atoms with E-state index in [4.69, 9.17) is 21.1 Å². The van der Waals surface area contributed by atoms with Crippen LogP contribution < -0.4 is 14.8 Å². The average molecular weight is 389 g/mol. The summed E-state index contributed by atoms with van der Waals surface area (Å²) >= 11 is 7.45. The second-order valence-corrected chi connectivity index (χ2v) is 7.09. The van der Waals surface area contributed by atoms with Gasteiger partial charge in [0.2, 0.25) is 0 Å². The SMILES string of the molecule is COc1ccc(OCC(=O)Nc2nc(-c3cccc(Cl)c3)c(C)s2)cc1. The first-order valence-electron chi connectivity index (χ1n) is 7.85. The van der Waals surface area contributed by atoms with Crippen molar-refractivity contribution in [2.45, 2.75) is 6.92 Å². The van der Waals surface area contributed by atoms with Crippen molar-refractivity contribution in [3.05, 3.63) is 58.4 Å². The highest BCUT2D eigenvalue weighted by Gasteiger charge is 2.13. The Balaban J connectivity index is 1.61. The number of nitrogens with zero attached hydrogens (tertiary/aromatic N) is 1. The van der Waals surface area contributed by atoms with Crippen LogP contribution in [0.15, 0.2) is 48.5 Å². The maximum Gasteiger partial charge on any atom is 0.264 e. The number of thiazole rings is 1. The van der Waals surface area contributed by atoms with Gasteiger partial charge in [-0.25, -0.2) is 4.98 Å². The summed E-state index contributed by atoms with van der Waals surface area (Å²) in [4.78, 5) is 17.6. The lowest BCUT2D eigenvalue weighted by Gasteiger charge is -2.06. The van der Waals surface area contributed by atoms with E-state index in [0.29, 0.717) is 15.9 Å². The topological polar surface area (TPSA) is 60.5 Å². The normalized spacial score (nSPS) is 10.4. The van der Waals surface area contributed by atoms with Crippen LogP contribution in [0.3, 0.4) is 0 Å². The summed E-state index contributed by atoms with van der Waals surface area (Å²) in [5.74, 6) is 1.05. The lowest BCUT2D eigenvalue weighted by molar-refractivity contribution is -0.118. The minimum Gasteiger partial charge on any atom is -0.497 e. The number of carbonyl (C=O) groups is 1. The predicted octanol–water partition coefficient (Wildman–Crippen LogP) is 4.80. The number of rotatable bonds is 6. The fourth-order valence-corrected chi connectivity index (χ4v) is 3.37. The van der Waals surface area contributed by atoms with Gasteiger partial charge in [-0.15, -0.1) is 11.3 Å². The summed E-state index contributed by atoms with van der Waals surface area (Å²) < 4.78 is 10.5. The molecule has 5 nitrogen and oxygen atoms in total. The Morgan fingerprint density at radius 3 is 2.62 bits per heavy atom. The molecule has 3 aromatic rings. The quantitative estimate of drug-likeness (QED) is 0.659. The fourth-order valence-electron chi connectivity index (χ4n) is 2.33. The van der Waals surface area contributed by atoms with Gasteiger partial charge in [0.25, 0.3) is 5.91 Å². The van der Waals surface area contributed by atoms with Crippen molar-refractivity contribution < 1.29 is 14.3 Å². The molecule has 1 amide bonds. The molecule has 0 saturated carbocycles. The van der Waals surface area contributed by atoms with E-state index in [1.807, 2.05) is 31.2 Å². The van der Waals surface area contributed by atoms with E-state index in [9.17, 15) is 4.79 Å². The Hall–Kier alpha value is -2.57. The lowest BCUT2D eigenvalue weighted by Crippen LogP contribution is -2.20. The number of aromatic nitrogens is 1. The molecule has 0 radical (unpaired) electrons. The van der Waals surface area contributed by atoms with Crippen LogP contribution in [0.25, 0.3) is 11.3 Å². The Labute approximate surface area is 160 Å². The van der Waals surface area contributed by atoms with Crippen LogP contribution >= 0.6 is 22.9 Å². The van der Waals surface area contributed by atoms with Crippen molar-refractivity contribution >= 4 is 34.0 Å². The molecule has 0 bridgehead atoms. The standard InChI is InChI=1S/C19H17ClN2O3S/c1-12-18(13-4-3-5-14(20)10-13)22-19(26-12)21-17(23)11-25-16-8-6-15(24-2)7-9-16/h3-10H,11H2,1-2H3,(H,21,22,23). The molecule has 7 heteroatoms. The first kappa shape index (κ1) is 18.2. The van der Waals surface area contributed by atoms with Crippen LogP contribution in [0.4, 0.5) is 5.13 Å². The Morgan fingerprint density at radius 2 is 1.92 bits per heavy atom. The number of hydrogen-bond acceptors (Lipinski definition) is 5. The molecule has 26 heavy (non-hydrogen) atoms. The van der Waals surface area contributed by atoms with Gasteiger partial charge in [-0.05, 0) is 43.3 Å². The minimum atomic E-state index is -0.271. The van der Waals surface area contributed by atoms with Gasteiger partial charge in [0, 0.05) is 15.5 Å². The molecule has 1 heterocycles. The van der Waals surface area contributed by atoms with Gasteiger partial charge in [-0.1, -0.05) is 23.7 Å². The number of ether oxygens (including phenoxy) is 2. The molecule has 3 rings (SSSR count). The molecule has 0 aliphatic carbocycles. The first-order chi connectivity index (χ1) is 12.5. The van der Waals surface area contributed by atoms with Crippen LogP contribution in [0.1, 0.15) is 4.88 Å². The van der Waals surface area contributed by atoms with E-state index >= 15 is 0 Å². The third-order valence-electron chi connectivity index (χ3n) is 3.57. The van der Waals surface area contributed by atoms with Crippen molar-refractivity contribution in [1.82, 2.24) is 4.98 Å². The molecule has 1 N–H and O–H groups in total. The van der Waals surface area contributed by atoms with E-state index < -0.39 is 0 Å². The molecule has 0 atom stereocenters. The Morgan fingerprint density at radius 1 is 1.19 bits per heavy atom. The molecule has 134 valence electrons. The molecule has 0 fully saturated rings. The van der Waals surface area contributed by atoms with E-state index in [1.165, 1.54) is 11.3 Å². The fraction of sp³-hybridized carbons (Fsp3) is 0.158. The Kier molecular flexibility index (Phi) is 5.75. The summed E-state index contributed by atoms with van der Waals surface area (Å²) in [6.07, 6.45) is 0. The number of methoxy groups -OCH3 is 1. The van der Waals surface area contributed by atoms with Crippen molar-refractivity contribution in [2.24, 2.45) is 0 Å². The van der Waals surface area contributed by atoms with E-state index in [0.717, 1.165) is 21.9 Å². The molecule has 0 aliphatic heterocycles. The number of benzene rings is 2. The highest BCUT2D eigenvalue weighted by Crippen LogP contribution is 2.31. The van der Waals surface area contributed by atoms with Gasteiger partial charge in [-0.3, -0.25) is 10.1 Å². The van der Waals surface area contributed by atoms with Gasteiger partial charge < -0.3 is 9.47 Å². The maximum absolute atomic E-state index is 12.1. The first-order valence-corrected chi connectivity index (χ1v) is 9.04. The highest BCUT2D eigenvalue weighted by atomic mass is 35.5. The van der Waals surface area contributed by atoms with Crippen molar-refractivity contribution in [1.29, 1.82) is 0 Å². The second-order valence-electron chi connectivity index (χ2n) is 5.45. The molecule has 0 spiro atoms. The largest absolute Gasteiger partial charge is 0.497 e. The van der Waals surface area contributed by atoms with Gasteiger partial charge in [0.15, 0.2) is 11.7 Å². The van der Waals surface area contributed by atoms with Gasteiger partial charge >= 0.3 is 0 Å². The number of carbonyl (C=O) groups excluding carboxylic acids is 1. The number of hydrogen-bond donors (Lipinski definition) is 1. The lowest BCUT2D eigenvalue weighted by atomic mass is 10.1. The number of nitrogens with one attached hydrogen (secondary N) is 1. The average Bonchev–Trinajstić information content (AvgIpc) is 3.00. The van der Waals surface area contributed by atoms with Gasteiger partial charge in [0.05, 0.1) is 12.8 Å². The van der Waals surface area contributed by atoms with Crippen LogP contribution in [-0.2, 0) is 4.79 Å². The smallest absolute Gasteiger partial charge is 0.264 e. The third-order valence-corrected chi connectivity index (χ3v) is 4.69. The zero-order valence-corrected chi connectivity index (χ0v) is 15.9. The Bertz CT molecular complexity index is 909. The molecule has 0 saturated heterocycles. The minimum absolute atomic E-state index is 0.0997. The van der Waals surface area contributed by atoms with Crippen molar-refractivity contribution in [3.8, 4) is 22.8 Å². The van der Waals surface area contributed by atoms with Gasteiger partial charge in [0.1, 0.15) is 11.5 Å². The van der Waals surface area contributed by atoms with Crippen molar-refractivity contribution in [2.75, 3.05) is 19.0 Å². The summed E-state index contributed by atoms with van der Waals surface area (Å²) in [7, 11) is 1.59. The van der Waals surface area contributed by atoms with Crippen LogP contribution in [-0.4, -0.2) is 24.6 Å². The number of anilines is 1.